The van der Waals surface area contributed by atoms with Crippen LogP contribution in [0.25, 0.3) is 0 Å². The molecule has 0 radical (unpaired) electrons. The Labute approximate surface area is 121 Å². The first-order valence-corrected chi connectivity index (χ1v) is 8.39. The summed E-state index contributed by atoms with van der Waals surface area (Å²) in [6, 6.07) is 0. The SMILES string of the molecule is CCCn1cc(C(O)C23CC4CC(CC(C4)C2)C3)cn1. The smallest absolute Gasteiger partial charge is 0.0876 e. The zero-order valence-electron chi connectivity index (χ0n) is 12.5. The van der Waals surface area contributed by atoms with Gasteiger partial charge in [0.25, 0.3) is 0 Å². The topological polar surface area (TPSA) is 38.0 Å². The number of aryl methyl sites for hydroxylation is 1. The molecule has 0 saturated heterocycles. The predicted molar refractivity (Wildman–Crippen MR) is 78.1 cm³/mol. The molecule has 5 rings (SSSR count). The number of aliphatic hydroxyl groups is 1. The second kappa shape index (κ2) is 4.59. The molecule has 0 aromatic carbocycles. The highest BCUT2D eigenvalue weighted by Crippen LogP contribution is 2.63. The molecule has 110 valence electrons. The third-order valence-electron chi connectivity index (χ3n) is 6.09. The van der Waals surface area contributed by atoms with E-state index < -0.39 is 0 Å². The van der Waals surface area contributed by atoms with Crippen molar-refractivity contribution in [3.8, 4) is 0 Å². The summed E-state index contributed by atoms with van der Waals surface area (Å²) in [7, 11) is 0. The van der Waals surface area contributed by atoms with Crippen LogP contribution in [-0.4, -0.2) is 14.9 Å². The Morgan fingerprint density at radius 3 is 2.40 bits per heavy atom. The van der Waals surface area contributed by atoms with E-state index in [2.05, 4.69) is 18.2 Å². The van der Waals surface area contributed by atoms with Crippen molar-refractivity contribution in [1.82, 2.24) is 9.78 Å². The van der Waals surface area contributed by atoms with E-state index in [0.29, 0.717) is 0 Å². The van der Waals surface area contributed by atoms with Gasteiger partial charge in [0.15, 0.2) is 0 Å². The summed E-state index contributed by atoms with van der Waals surface area (Å²) in [5, 5.41) is 15.4. The lowest BCUT2D eigenvalue weighted by Gasteiger charge is -2.58. The van der Waals surface area contributed by atoms with Gasteiger partial charge in [-0.3, -0.25) is 4.68 Å². The summed E-state index contributed by atoms with van der Waals surface area (Å²) in [5.74, 6) is 2.67. The molecule has 1 unspecified atom stereocenters. The summed E-state index contributed by atoms with van der Waals surface area (Å²) < 4.78 is 1.99. The summed E-state index contributed by atoms with van der Waals surface area (Å²) in [6.07, 6.45) is 12.8. The zero-order chi connectivity index (χ0) is 13.7. The number of aliphatic hydroxyl groups excluding tert-OH is 1. The van der Waals surface area contributed by atoms with Gasteiger partial charge >= 0.3 is 0 Å². The maximum Gasteiger partial charge on any atom is 0.0876 e. The van der Waals surface area contributed by atoms with Crippen molar-refractivity contribution in [2.75, 3.05) is 0 Å². The van der Waals surface area contributed by atoms with Crippen molar-refractivity contribution in [1.29, 1.82) is 0 Å². The second-order valence-corrected chi connectivity index (χ2v) is 7.72. The molecule has 1 N–H and O–H groups in total. The van der Waals surface area contributed by atoms with Gasteiger partial charge in [-0.1, -0.05) is 6.92 Å². The molecule has 0 aliphatic heterocycles. The Morgan fingerprint density at radius 2 is 1.85 bits per heavy atom. The lowest BCUT2D eigenvalue weighted by atomic mass is 9.48. The second-order valence-electron chi connectivity index (χ2n) is 7.72. The van der Waals surface area contributed by atoms with Gasteiger partial charge in [-0.05, 0) is 62.7 Å². The Hall–Kier alpha value is -0.830. The summed E-state index contributed by atoms with van der Waals surface area (Å²) in [6.45, 7) is 3.12. The monoisotopic (exact) mass is 274 g/mol. The van der Waals surface area contributed by atoms with Gasteiger partial charge in [0.1, 0.15) is 0 Å². The van der Waals surface area contributed by atoms with Crippen molar-refractivity contribution in [2.24, 2.45) is 23.2 Å². The average Bonchev–Trinajstić information content (AvgIpc) is 2.85. The molecule has 4 fully saturated rings. The van der Waals surface area contributed by atoms with Crippen molar-refractivity contribution >= 4 is 0 Å². The third kappa shape index (κ3) is 1.93. The van der Waals surface area contributed by atoms with E-state index in [9.17, 15) is 5.11 Å². The number of rotatable bonds is 4. The predicted octanol–water partition coefficient (Wildman–Crippen LogP) is 3.54. The molecule has 3 heteroatoms. The summed E-state index contributed by atoms with van der Waals surface area (Å²) in [5.41, 5.74) is 1.23. The standard InChI is InChI=1S/C17H26N2O/c1-2-3-19-11-15(10-18-19)16(20)17-7-12-4-13(8-17)6-14(5-12)9-17/h10-14,16,20H,2-9H2,1H3. The highest BCUT2D eigenvalue weighted by molar-refractivity contribution is 5.16. The first-order chi connectivity index (χ1) is 9.68. The molecule has 1 atom stereocenters. The molecule has 4 saturated carbocycles. The van der Waals surface area contributed by atoms with Crippen LogP contribution in [0.15, 0.2) is 12.4 Å². The van der Waals surface area contributed by atoms with Crippen molar-refractivity contribution in [3.05, 3.63) is 18.0 Å². The normalized spacial score (nSPS) is 40.2. The molecule has 1 heterocycles. The van der Waals surface area contributed by atoms with Crippen molar-refractivity contribution in [2.45, 2.75) is 64.5 Å². The molecule has 4 bridgehead atoms. The fourth-order valence-corrected chi connectivity index (χ4v) is 5.74. The third-order valence-corrected chi connectivity index (χ3v) is 6.09. The Morgan fingerprint density at radius 1 is 1.25 bits per heavy atom. The van der Waals surface area contributed by atoms with E-state index in [1.165, 1.54) is 38.5 Å². The van der Waals surface area contributed by atoms with Crippen LogP contribution in [0.4, 0.5) is 0 Å². The summed E-state index contributed by atoms with van der Waals surface area (Å²) in [4.78, 5) is 0. The van der Waals surface area contributed by atoms with E-state index in [1.807, 2.05) is 10.9 Å². The van der Waals surface area contributed by atoms with Crippen LogP contribution in [0, 0.1) is 23.2 Å². The lowest BCUT2D eigenvalue weighted by molar-refractivity contribution is -0.122. The minimum atomic E-state index is -0.290. The average molecular weight is 274 g/mol. The highest BCUT2D eigenvalue weighted by Gasteiger charge is 2.54. The first kappa shape index (κ1) is 12.9. The van der Waals surface area contributed by atoms with Gasteiger partial charge in [0, 0.05) is 23.7 Å². The molecule has 20 heavy (non-hydrogen) atoms. The van der Waals surface area contributed by atoms with Gasteiger partial charge < -0.3 is 5.11 Å². The molecule has 4 aliphatic carbocycles. The Kier molecular flexibility index (Phi) is 2.95. The number of aromatic nitrogens is 2. The minimum Gasteiger partial charge on any atom is -0.388 e. The number of nitrogens with zero attached hydrogens (tertiary/aromatic N) is 2. The van der Waals surface area contributed by atoms with Gasteiger partial charge in [-0.15, -0.1) is 0 Å². The first-order valence-electron chi connectivity index (χ1n) is 8.39. The largest absolute Gasteiger partial charge is 0.388 e. The van der Waals surface area contributed by atoms with Crippen LogP contribution in [0.1, 0.15) is 63.5 Å². The highest BCUT2D eigenvalue weighted by atomic mass is 16.3. The van der Waals surface area contributed by atoms with Gasteiger partial charge in [-0.25, -0.2) is 0 Å². The molecule has 3 nitrogen and oxygen atoms in total. The zero-order valence-corrected chi connectivity index (χ0v) is 12.5. The molecule has 0 amide bonds. The van der Waals surface area contributed by atoms with Crippen LogP contribution in [0.2, 0.25) is 0 Å². The molecular weight excluding hydrogens is 248 g/mol. The van der Waals surface area contributed by atoms with Crippen molar-refractivity contribution in [3.63, 3.8) is 0 Å². The lowest BCUT2D eigenvalue weighted by Crippen LogP contribution is -2.48. The van der Waals surface area contributed by atoms with Crippen LogP contribution >= 0.6 is 0 Å². The van der Waals surface area contributed by atoms with E-state index in [4.69, 9.17) is 0 Å². The maximum absolute atomic E-state index is 11.0. The van der Waals surface area contributed by atoms with Crippen molar-refractivity contribution < 1.29 is 5.11 Å². The molecule has 1 aromatic rings. The fourth-order valence-electron chi connectivity index (χ4n) is 5.74. The number of hydrogen-bond donors (Lipinski definition) is 1. The molecule has 1 aromatic heterocycles. The molecule has 0 spiro atoms. The Balaban J connectivity index is 1.59. The quantitative estimate of drug-likeness (QED) is 0.912. The maximum atomic E-state index is 11.0. The van der Waals surface area contributed by atoms with Crippen LogP contribution in [0.5, 0.6) is 0 Å². The van der Waals surface area contributed by atoms with E-state index in [0.717, 1.165) is 36.3 Å². The van der Waals surface area contributed by atoms with Crippen LogP contribution < -0.4 is 0 Å². The number of hydrogen-bond acceptors (Lipinski definition) is 2. The fraction of sp³-hybridized carbons (Fsp3) is 0.824. The van der Waals surface area contributed by atoms with Crippen LogP contribution in [-0.2, 0) is 6.54 Å². The summed E-state index contributed by atoms with van der Waals surface area (Å²) >= 11 is 0. The van der Waals surface area contributed by atoms with E-state index in [-0.39, 0.29) is 11.5 Å². The van der Waals surface area contributed by atoms with E-state index in [1.54, 1.807) is 0 Å². The van der Waals surface area contributed by atoms with Gasteiger partial charge in [-0.2, -0.15) is 5.10 Å². The van der Waals surface area contributed by atoms with Crippen LogP contribution in [0.3, 0.4) is 0 Å². The van der Waals surface area contributed by atoms with Gasteiger partial charge in [0.05, 0.1) is 12.3 Å². The Bertz CT molecular complexity index is 458. The minimum absolute atomic E-state index is 0.175. The van der Waals surface area contributed by atoms with Gasteiger partial charge in [0.2, 0.25) is 0 Å². The van der Waals surface area contributed by atoms with E-state index >= 15 is 0 Å². The molecular formula is C17H26N2O. The molecule has 4 aliphatic rings.